The lowest BCUT2D eigenvalue weighted by Crippen LogP contribution is -2.40. The van der Waals surface area contributed by atoms with Crippen LogP contribution in [0, 0.1) is 5.92 Å². The van der Waals surface area contributed by atoms with Gasteiger partial charge >= 0.3 is 0 Å². The standard InChI is InChI=1S/C22H29ClN4O/c1-3-16(2)27-12-10-17(11-13-27)14-24-20-7-5-4-6-19(20)22(28)26-21-9-8-18(23)15-25-21/h4-9,15-17,24H,3,10-14H2,1-2H3,(H,25,26,28)/t16-/m1/s1. The number of hydrogen-bond donors (Lipinski definition) is 2. The van der Waals surface area contributed by atoms with Crippen molar-refractivity contribution in [1.82, 2.24) is 9.88 Å². The van der Waals surface area contributed by atoms with Crippen molar-refractivity contribution in [2.75, 3.05) is 30.3 Å². The Morgan fingerprint density at radius 1 is 1.25 bits per heavy atom. The van der Waals surface area contributed by atoms with Gasteiger partial charge in [0.2, 0.25) is 0 Å². The van der Waals surface area contributed by atoms with Crippen LogP contribution >= 0.6 is 11.6 Å². The molecule has 1 saturated heterocycles. The number of nitrogens with zero attached hydrogens (tertiary/aromatic N) is 2. The van der Waals surface area contributed by atoms with E-state index in [1.54, 1.807) is 12.1 Å². The summed E-state index contributed by atoms with van der Waals surface area (Å²) in [5.74, 6) is 0.945. The third-order valence-electron chi connectivity index (χ3n) is 5.59. The quantitative estimate of drug-likeness (QED) is 0.693. The van der Waals surface area contributed by atoms with Crippen molar-refractivity contribution in [3.63, 3.8) is 0 Å². The molecule has 2 N–H and O–H groups in total. The number of benzene rings is 1. The second-order valence-corrected chi connectivity index (χ2v) is 7.92. The predicted octanol–water partition coefficient (Wildman–Crippen LogP) is 4.91. The molecule has 1 aliphatic rings. The third kappa shape index (κ3) is 5.46. The van der Waals surface area contributed by atoms with Gasteiger partial charge in [0.05, 0.1) is 10.6 Å². The van der Waals surface area contributed by atoms with Gasteiger partial charge in [-0.05, 0) is 69.5 Å². The molecule has 1 aliphatic heterocycles. The molecule has 150 valence electrons. The minimum Gasteiger partial charge on any atom is -0.384 e. The fourth-order valence-corrected chi connectivity index (χ4v) is 3.69. The van der Waals surface area contributed by atoms with Crippen LogP contribution in [0.4, 0.5) is 11.5 Å². The maximum atomic E-state index is 12.7. The van der Waals surface area contributed by atoms with Gasteiger partial charge in [-0.25, -0.2) is 4.98 Å². The number of nitrogens with one attached hydrogen (secondary N) is 2. The van der Waals surface area contributed by atoms with E-state index in [1.807, 2.05) is 24.3 Å². The van der Waals surface area contributed by atoms with Gasteiger partial charge in [0.15, 0.2) is 0 Å². The second kappa shape index (κ2) is 9.89. The molecule has 1 atom stereocenters. The number of amides is 1. The smallest absolute Gasteiger partial charge is 0.258 e. The zero-order chi connectivity index (χ0) is 19.9. The summed E-state index contributed by atoms with van der Waals surface area (Å²) < 4.78 is 0. The molecule has 1 amide bonds. The first kappa shape index (κ1) is 20.6. The highest BCUT2D eigenvalue weighted by Gasteiger charge is 2.22. The van der Waals surface area contributed by atoms with E-state index in [4.69, 9.17) is 11.6 Å². The maximum Gasteiger partial charge on any atom is 0.258 e. The average molecular weight is 401 g/mol. The van der Waals surface area contributed by atoms with E-state index in [2.05, 4.69) is 34.4 Å². The molecule has 3 rings (SSSR count). The summed E-state index contributed by atoms with van der Waals surface area (Å²) in [6, 6.07) is 11.7. The fraction of sp³-hybridized carbons (Fsp3) is 0.455. The molecule has 0 unspecified atom stereocenters. The van der Waals surface area contributed by atoms with Gasteiger partial charge in [-0.15, -0.1) is 0 Å². The van der Waals surface area contributed by atoms with Gasteiger partial charge in [-0.2, -0.15) is 0 Å². The molecule has 0 aliphatic carbocycles. The number of likely N-dealkylation sites (tertiary alicyclic amines) is 1. The average Bonchev–Trinajstić information content (AvgIpc) is 2.74. The van der Waals surface area contributed by atoms with E-state index in [9.17, 15) is 4.79 Å². The van der Waals surface area contributed by atoms with Gasteiger partial charge in [-0.3, -0.25) is 4.79 Å². The van der Waals surface area contributed by atoms with Crippen LogP contribution in [0.5, 0.6) is 0 Å². The van der Waals surface area contributed by atoms with E-state index in [-0.39, 0.29) is 5.91 Å². The summed E-state index contributed by atoms with van der Waals surface area (Å²) >= 11 is 5.85. The Labute approximate surface area is 172 Å². The van der Waals surface area contributed by atoms with E-state index in [0.717, 1.165) is 25.3 Å². The minimum absolute atomic E-state index is 0.176. The summed E-state index contributed by atoms with van der Waals surface area (Å²) in [6.45, 7) is 7.76. The summed E-state index contributed by atoms with van der Waals surface area (Å²) in [5, 5.41) is 6.87. The number of carbonyl (C=O) groups excluding carboxylic acids is 1. The largest absolute Gasteiger partial charge is 0.384 e. The highest BCUT2D eigenvalue weighted by molar-refractivity contribution is 6.30. The number of anilines is 2. The van der Waals surface area contributed by atoms with Crippen molar-refractivity contribution in [2.45, 2.75) is 39.2 Å². The molecular weight excluding hydrogens is 372 g/mol. The van der Waals surface area contributed by atoms with E-state index >= 15 is 0 Å². The zero-order valence-electron chi connectivity index (χ0n) is 16.6. The molecule has 6 heteroatoms. The van der Waals surface area contributed by atoms with Crippen molar-refractivity contribution >= 4 is 29.0 Å². The topological polar surface area (TPSA) is 57.3 Å². The molecule has 28 heavy (non-hydrogen) atoms. The molecule has 0 saturated carbocycles. The normalized spacial score (nSPS) is 16.5. The number of piperidine rings is 1. The number of carbonyl (C=O) groups is 1. The van der Waals surface area contributed by atoms with Crippen molar-refractivity contribution in [3.8, 4) is 0 Å². The van der Waals surface area contributed by atoms with E-state index in [1.165, 1.54) is 25.5 Å². The lowest BCUT2D eigenvalue weighted by atomic mass is 9.95. The first-order chi connectivity index (χ1) is 13.6. The van der Waals surface area contributed by atoms with E-state index in [0.29, 0.717) is 28.4 Å². The number of aromatic nitrogens is 1. The number of halogens is 1. The molecule has 2 aromatic rings. The number of rotatable bonds is 7. The Morgan fingerprint density at radius 3 is 2.68 bits per heavy atom. The lowest BCUT2D eigenvalue weighted by molar-refractivity contribution is 0.102. The summed E-state index contributed by atoms with van der Waals surface area (Å²) in [6.07, 6.45) is 5.11. The molecule has 1 aromatic carbocycles. The molecule has 0 spiro atoms. The Bertz CT molecular complexity index is 772. The molecule has 1 aromatic heterocycles. The fourth-order valence-electron chi connectivity index (χ4n) is 3.58. The van der Waals surface area contributed by atoms with Crippen LogP contribution in [0.3, 0.4) is 0 Å². The van der Waals surface area contributed by atoms with Gasteiger partial charge in [0.1, 0.15) is 5.82 Å². The lowest BCUT2D eigenvalue weighted by Gasteiger charge is -2.36. The van der Waals surface area contributed by atoms with Crippen molar-refractivity contribution in [1.29, 1.82) is 0 Å². The molecule has 5 nitrogen and oxygen atoms in total. The van der Waals surface area contributed by atoms with Crippen LogP contribution in [0.15, 0.2) is 42.6 Å². The van der Waals surface area contributed by atoms with E-state index < -0.39 is 0 Å². The Morgan fingerprint density at radius 2 is 2.00 bits per heavy atom. The van der Waals surface area contributed by atoms with Crippen molar-refractivity contribution < 1.29 is 4.79 Å². The second-order valence-electron chi connectivity index (χ2n) is 7.48. The van der Waals surface area contributed by atoms with Crippen LogP contribution in [0.2, 0.25) is 5.02 Å². The first-order valence-corrected chi connectivity index (χ1v) is 10.4. The number of pyridine rings is 1. The highest BCUT2D eigenvalue weighted by Crippen LogP contribution is 2.22. The summed E-state index contributed by atoms with van der Waals surface area (Å²) in [5.41, 5.74) is 1.48. The van der Waals surface area contributed by atoms with Gasteiger partial charge < -0.3 is 15.5 Å². The summed E-state index contributed by atoms with van der Waals surface area (Å²) in [4.78, 5) is 19.4. The third-order valence-corrected chi connectivity index (χ3v) is 5.81. The summed E-state index contributed by atoms with van der Waals surface area (Å²) in [7, 11) is 0. The van der Waals surface area contributed by atoms with Crippen LogP contribution in [0.25, 0.3) is 0 Å². The van der Waals surface area contributed by atoms with Crippen LogP contribution in [-0.4, -0.2) is 41.5 Å². The molecule has 2 heterocycles. The first-order valence-electron chi connectivity index (χ1n) is 10.1. The maximum absolute atomic E-state index is 12.7. The van der Waals surface area contributed by atoms with Gasteiger partial charge in [0.25, 0.3) is 5.91 Å². The number of para-hydroxylation sites is 1. The molecule has 0 bridgehead atoms. The van der Waals surface area contributed by atoms with Gasteiger partial charge in [-0.1, -0.05) is 30.7 Å². The monoisotopic (exact) mass is 400 g/mol. The van der Waals surface area contributed by atoms with Crippen molar-refractivity contribution in [3.05, 3.63) is 53.2 Å². The molecule has 1 fully saturated rings. The van der Waals surface area contributed by atoms with Crippen LogP contribution in [-0.2, 0) is 0 Å². The zero-order valence-corrected chi connectivity index (χ0v) is 17.4. The predicted molar refractivity (Wildman–Crippen MR) is 116 cm³/mol. The van der Waals surface area contributed by atoms with Crippen LogP contribution < -0.4 is 10.6 Å². The van der Waals surface area contributed by atoms with Crippen molar-refractivity contribution in [2.24, 2.45) is 5.92 Å². The molecular formula is C22H29ClN4O. The highest BCUT2D eigenvalue weighted by atomic mass is 35.5. The Kier molecular flexibility index (Phi) is 7.29. The molecule has 0 radical (unpaired) electrons. The SMILES string of the molecule is CC[C@@H](C)N1CCC(CNc2ccccc2C(=O)Nc2ccc(Cl)cn2)CC1. The Hall–Kier alpha value is -2.11. The number of hydrogen-bond acceptors (Lipinski definition) is 4. The Balaban J connectivity index is 1.57. The van der Waals surface area contributed by atoms with Gasteiger partial charge in [0, 0.05) is 24.5 Å². The van der Waals surface area contributed by atoms with Crippen LogP contribution in [0.1, 0.15) is 43.5 Å². The minimum atomic E-state index is -0.176.